The largest absolute Gasteiger partial charge is 0.484 e. The van der Waals surface area contributed by atoms with Crippen molar-refractivity contribution >= 4 is 50.5 Å². The predicted octanol–water partition coefficient (Wildman–Crippen LogP) is 13.1. The number of ether oxygens (including phenoxy) is 3. The van der Waals surface area contributed by atoms with Gasteiger partial charge in [0.1, 0.15) is 17.2 Å². The van der Waals surface area contributed by atoms with E-state index in [1.807, 2.05) is 18.2 Å². The summed E-state index contributed by atoms with van der Waals surface area (Å²) in [6, 6.07) is 12.7. The van der Waals surface area contributed by atoms with Gasteiger partial charge in [-0.15, -0.1) is 0 Å². The first-order valence-electron chi connectivity index (χ1n) is 20.0. The average Bonchev–Trinajstić information content (AvgIpc) is 3.02. The fraction of sp³-hybridized carbons (Fsp3) is 0.571. The van der Waals surface area contributed by atoms with Crippen molar-refractivity contribution in [3.8, 4) is 17.2 Å². The Hall–Kier alpha value is -3.06. The molecule has 0 radical (unpaired) electrons. The minimum atomic E-state index is -0.740. The molecule has 0 aliphatic carbocycles. The van der Waals surface area contributed by atoms with Crippen LogP contribution in [0.5, 0.6) is 17.2 Å². The van der Waals surface area contributed by atoms with Crippen LogP contribution in [0.3, 0.4) is 0 Å². The maximum Gasteiger partial charge on any atom is 0.259 e. The van der Waals surface area contributed by atoms with Gasteiger partial charge in [0, 0.05) is 22.6 Å². The molecule has 0 amide bonds. The highest BCUT2D eigenvalue weighted by Gasteiger charge is 2.41. The molecular formula is C49H67Cl3O6. The highest BCUT2D eigenvalue weighted by molar-refractivity contribution is 6.64. The number of rotatable bonds is 12. The summed E-state index contributed by atoms with van der Waals surface area (Å²) >= 11 is 18.1. The van der Waals surface area contributed by atoms with Crippen LogP contribution in [0.4, 0.5) is 0 Å². The number of carbonyl (C=O) groups excluding carboxylic acids is 3. The van der Waals surface area contributed by atoms with Gasteiger partial charge in [0.05, 0.1) is 0 Å². The van der Waals surface area contributed by atoms with Gasteiger partial charge in [-0.3, -0.25) is 14.4 Å². The summed E-state index contributed by atoms with van der Waals surface area (Å²) in [6.07, 6.45) is 0. The van der Waals surface area contributed by atoms with E-state index in [9.17, 15) is 14.4 Å². The minimum Gasteiger partial charge on any atom is -0.484 e. The molecule has 0 spiro atoms. The number of carbonyl (C=O) groups is 3. The van der Waals surface area contributed by atoms with E-state index < -0.39 is 37.9 Å². The monoisotopic (exact) mass is 856 g/mol. The third-order valence-corrected chi connectivity index (χ3v) is 10.7. The maximum absolute atomic E-state index is 12.6. The summed E-state index contributed by atoms with van der Waals surface area (Å²) in [5.41, 5.74) is 5.80. The van der Waals surface area contributed by atoms with Crippen molar-refractivity contribution in [2.24, 2.45) is 0 Å². The van der Waals surface area contributed by atoms with Crippen LogP contribution in [0.1, 0.15) is 181 Å². The van der Waals surface area contributed by atoms with E-state index in [1.54, 1.807) is 0 Å². The standard InChI is InChI=1S/C49H67Cl3O6/c1-44(2,3)28-19-31(47(10,11)12)40(34(22-28)56-25-37(50)53)43(41-32(48(13,14)15)20-29(45(4,5)6)23-35(41)57-26-38(51)54)42-33(49(16,17)18)21-30(46(7,8)9)24-36(42)58-27-39(52)55/h19-24,43H,25-27H2,1-18H3. The Labute approximate surface area is 364 Å². The zero-order valence-electron chi connectivity index (χ0n) is 38.2. The molecule has 0 atom stereocenters. The van der Waals surface area contributed by atoms with Crippen molar-refractivity contribution < 1.29 is 28.6 Å². The quantitative estimate of drug-likeness (QED) is 0.133. The molecule has 0 fully saturated rings. The number of hydrogen-bond donors (Lipinski definition) is 0. The fourth-order valence-electron chi connectivity index (χ4n) is 7.13. The molecule has 0 unspecified atom stereocenters. The average molecular weight is 858 g/mol. The van der Waals surface area contributed by atoms with Gasteiger partial charge in [0.15, 0.2) is 19.8 Å². The van der Waals surface area contributed by atoms with Gasteiger partial charge in [-0.2, -0.15) is 0 Å². The summed E-state index contributed by atoms with van der Waals surface area (Å²) in [5, 5.41) is -1.94. The van der Waals surface area contributed by atoms with Crippen molar-refractivity contribution in [3.05, 3.63) is 86.5 Å². The van der Waals surface area contributed by atoms with Crippen molar-refractivity contribution in [3.63, 3.8) is 0 Å². The lowest BCUT2D eigenvalue weighted by molar-refractivity contribution is -0.114. The van der Waals surface area contributed by atoms with E-state index in [0.717, 1.165) is 50.1 Å². The van der Waals surface area contributed by atoms with Gasteiger partial charge in [0.2, 0.25) is 0 Å². The zero-order valence-corrected chi connectivity index (χ0v) is 40.5. The van der Waals surface area contributed by atoms with E-state index in [0.29, 0.717) is 17.2 Å². The lowest BCUT2D eigenvalue weighted by Crippen LogP contribution is -2.28. The third kappa shape index (κ3) is 12.3. The number of benzene rings is 3. The van der Waals surface area contributed by atoms with Crippen LogP contribution in [-0.2, 0) is 46.9 Å². The molecule has 3 rings (SSSR count). The Bertz CT molecular complexity index is 1790. The van der Waals surface area contributed by atoms with E-state index in [4.69, 9.17) is 49.0 Å². The second-order valence-electron chi connectivity index (χ2n) is 21.7. The Balaban J connectivity index is 3.02. The van der Waals surface area contributed by atoms with Crippen LogP contribution in [-0.4, -0.2) is 35.5 Å². The minimum absolute atomic E-state index is 0.309. The highest BCUT2D eigenvalue weighted by atomic mass is 35.5. The Kier molecular flexibility index (Phi) is 14.9. The van der Waals surface area contributed by atoms with Gasteiger partial charge < -0.3 is 14.2 Å². The molecule has 9 heteroatoms. The van der Waals surface area contributed by atoms with Crippen molar-refractivity contribution in [2.45, 2.75) is 163 Å². The van der Waals surface area contributed by atoms with Crippen LogP contribution in [0.25, 0.3) is 0 Å². The number of halogens is 3. The van der Waals surface area contributed by atoms with E-state index in [2.05, 4.69) is 143 Å². The first-order valence-corrected chi connectivity index (χ1v) is 21.2. The van der Waals surface area contributed by atoms with Gasteiger partial charge in [-0.1, -0.05) is 143 Å². The van der Waals surface area contributed by atoms with Gasteiger partial charge in [0.25, 0.3) is 15.7 Å². The molecule has 0 N–H and O–H groups in total. The van der Waals surface area contributed by atoms with Crippen LogP contribution in [0.15, 0.2) is 36.4 Å². The molecule has 320 valence electrons. The second kappa shape index (κ2) is 17.5. The van der Waals surface area contributed by atoms with E-state index >= 15 is 0 Å². The fourth-order valence-corrected chi connectivity index (χ4v) is 7.29. The molecule has 0 aromatic heterocycles. The second-order valence-corrected chi connectivity index (χ2v) is 22.9. The summed E-state index contributed by atoms with van der Waals surface area (Å²) < 4.78 is 19.7. The van der Waals surface area contributed by atoms with Crippen molar-refractivity contribution in [1.29, 1.82) is 0 Å². The smallest absolute Gasteiger partial charge is 0.259 e. The summed E-state index contributed by atoms with van der Waals surface area (Å²) in [6.45, 7) is 37.5. The molecule has 0 aliphatic heterocycles. The molecule has 0 heterocycles. The molecular weight excluding hydrogens is 791 g/mol. The highest BCUT2D eigenvalue weighted by Crippen LogP contribution is 2.55. The molecule has 0 bridgehead atoms. The molecule has 6 nitrogen and oxygen atoms in total. The van der Waals surface area contributed by atoms with Crippen molar-refractivity contribution in [1.82, 2.24) is 0 Å². The summed E-state index contributed by atoms with van der Waals surface area (Å²) in [7, 11) is 0. The van der Waals surface area contributed by atoms with Crippen LogP contribution >= 0.6 is 34.8 Å². The van der Waals surface area contributed by atoms with Gasteiger partial charge in [-0.25, -0.2) is 0 Å². The Morgan fingerprint density at radius 3 is 0.759 bits per heavy atom. The topological polar surface area (TPSA) is 78.9 Å². The molecule has 3 aromatic rings. The molecule has 0 saturated carbocycles. The normalized spacial score (nSPS) is 13.1. The van der Waals surface area contributed by atoms with E-state index in [1.165, 1.54) is 0 Å². The lowest BCUT2D eigenvalue weighted by atomic mass is 9.66. The Morgan fingerprint density at radius 2 is 0.603 bits per heavy atom. The van der Waals surface area contributed by atoms with Crippen LogP contribution in [0, 0.1) is 0 Å². The third-order valence-electron chi connectivity index (χ3n) is 10.3. The van der Waals surface area contributed by atoms with Crippen LogP contribution < -0.4 is 14.2 Å². The van der Waals surface area contributed by atoms with Gasteiger partial charge >= 0.3 is 0 Å². The van der Waals surface area contributed by atoms with Crippen LogP contribution in [0.2, 0.25) is 0 Å². The zero-order chi connectivity index (χ0) is 44.7. The van der Waals surface area contributed by atoms with Gasteiger partial charge in [-0.05, 0) is 119 Å². The van der Waals surface area contributed by atoms with Crippen molar-refractivity contribution in [2.75, 3.05) is 19.8 Å². The van der Waals surface area contributed by atoms with E-state index in [-0.39, 0.29) is 36.1 Å². The molecule has 3 aromatic carbocycles. The number of hydrogen-bond acceptors (Lipinski definition) is 6. The SMILES string of the molecule is CC(C)(C)c1cc(OCC(=O)Cl)c(C(c2c(OCC(=O)Cl)cc(C(C)(C)C)cc2C(C)(C)C)c2c(OCC(=O)Cl)cc(C(C)(C)C)cc2C(C)(C)C)c(C(C)(C)C)c1. The maximum atomic E-state index is 12.6. The molecule has 58 heavy (non-hydrogen) atoms. The lowest BCUT2D eigenvalue weighted by Gasteiger charge is -2.39. The first-order chi connectivity index (χ1) is 26.0. The summed E-state index contributed by atoms with van der Waals surface area (Å²) in [5.74, 6) is 0.662. The predicted molar refractivity (Wildman–Crippen MR) is 242 cm³/mol. The summed E-state index contributed by atoms with van der Waals surface area (Å²) in [4.78, 5) is 37.7. The first kappa shape index (κ1) is 49.3. The molecule has 0 saturated heterocycles. The molecule has 0 aliphatic rings. The Morgan fingerprint density at radius 1 is 0.397 bits per heavy atom.